The first-order chi connectivity index (χ1) is 8.76. The smallest absolute Gasteiger partial charge is 0.379 e. The Kier molecular flexibility index (Phi) is 9.00. The molecule has 1 saturated heterocycles. The van der Waals surface area contributed by atoms with Crippen molar-refractivity contribution in [3.8, 4) is 0 Å². The van der Waals surface area contributed by atoms with Crippen LogP contribution in [0.1, 0.15) is 33.6 Å². The van der Waals surface area contributed by atoms with Gasteiger partial charge in [-0.15, -0.1) is 12.5 Å². The highest BCUT2D eigenvalue weighted by molar-refractivity contribution is 7.82. The molecule has 1 fully saturated rings. The molecular weight excluding hydrogens is 256 g/mol. The molecule has 1 rings (SSSR count). The molecule has 0 aromatic carbocycles. The third kappa shape index (κ3) is 8.29. The predicted octanol–water partition coefficient (Wildman–Crippen LogP) is 2.02. The van der Waals surface area contributed by atoms with Gasteiger partial charge < -0.3 is 9.47 Å². The second-order valence-corrected chi connectivity index (χ2v) is 5.17. The quantitative estimate of drug-likeness (QED) is 0.311. The van der Waals surface area contributed by atoms with Gasteiger partial charge in [0.2, 0.25) is 0 Å². The number of hydrogen-bond donors (Lipinski definition) is 0. The Morgan fingerprint density at radius 2 is 1.94 bits per heavy atom. The molecule has 0 spiro atoms. The normalized spacial score (nSPS) is 20.3. The third-order valence-electron chi connectivity index (χ3n) is 2.28. The van der Waals surface area contributed by atoms with Gasteiger partial charge in [-0.1, -0.05) is 0 Å². The van der Waals surface area contributed by atoms with Crippen LogP contribution in [0, 0.1) is 0 Å². The van der Waals surface area contributed by atoms with Crippen molar-refractivity contribution in [1.82, 2.24) is 0 Å². The molecule has 0 radical (unpaired) electrons. The van der Waals surface area contributed by atoms with Gasteiger partial charge in [-0.25, -0.2) is 0 Å². The van der Waals surface area contributed by atoms with Gasteiger partial charge in [-0.2, -0.15) is 0 Å². The van der Waals surface area contributed by atoms with Crippen LogP contribution in [0.3, 0.4) is 0 Å². The van der Waals surface area contributed by atoms with E-state index >= 15 is 0 Å². The minimum atomic E-state index is -0.820. The summed E-state index contributed by atoms with van der Waals surface area (Å²) in [5.74, 6) is 0. The third-order valence-corrected chi connectivity index (χ3v) is 3.62. The summed E-state index contributed by atoms with van der Waals surface area (Å²) < 4.78 is 26.9. The molecular formula is C12H25O5S+. The van der Waals surface area contributed by atoms with Crippen molar-refractivity contribution < 1.29 is 22.0 Å². The largest absolute Gasteiger partial charge is 0.508 e. The van der Waals surface area contributed by atoms with Crippen LogP contribution in [0.5, 0.6) is 0 Å². The van der Waals surface area contributed by atoms with E-state index in [1.54, 1.807) is 0 Å². The zero-order valence-electron chi connectivity index (χ0n) is 11.6. The molecule has 0 saturated carbocycles. The molecule has 1 aliphatic heterocycles. The van der Waals surface area contributed by atoms with E-state index in [0.717, 1.165) is 32.7 Å². The minimum Gasteiger partial charge on any atom is -0.379 e. The van der Waals surface area contributed by atoms with Gasteiger partial charge in [-0.3, -0.25) is 0 Å². The molecule has 1 aliphatic rings. The molecule has 0 bridgehead atoms. The molecule has 0 aromatic rings. The van der Waals surface area contributed by atoms with Crippen molar-refractivity contribution >= 4 is 11.7 Å². The lowest BCUT2D eigenvalue weighted by atomic mass is 10.2. The van der Waals surface area contributed by atoms with Gasteiger partial charge in [0.05, 0.1) is 13.2 Å². The van der Waals surface area contributed by atoms with Gasteiger partial charge >= 0.3 is 11.7 Å². The number of rotatable bonds is 12. The molecule has 108 valence electrons. The maximum absolute atomic E-state index is 5.67. The van der Waals surface area contributed by atoms with Crippen molar-refractivity contribution in [1.29, 1.82) is 0 Å². The highest BCUT2D eigenvalue weighted by Crippen LogP contribution is 2.12. The summed E-state index contributed by atoms with van der Waals surface area (Å²) in [7, 11) is 0. The molecule has 18 heavy (non-hydrogen) atoms. The second-order valence-electron chi connectivity index (χ2n) is 4.10. The van der Waals surface area contributed by atoms with Crippen molar-refractivity contribution in [3.05, 3.63) is 0 Å². The molecule has 1 heterocycles. The van der Waals surface area contributed by atoms with Crippen molar-refractivity contribution in [2.75, 3.05) is 33.0 Å². The van der Waals surface area contributed by atoms with Crippen molar-refractivity contribution in [3.63, 3.8) is 0 Å². The zero-order chi connectivity index (χ0) is 13.2. The van der Waals surface area contributed by atoms with Crippen LogP contribution in [0.15, 0.2) is 0 Å². The monoisotopic (exact) mass is 281 g/mol. The van der Waals surface area contributed by atoms with Gasteiger partial charge in [-0.05, 0) is 33.6 Å². The summed E-state index contributed by atoms with van der Waals surface area (Å²) in [6, 6.07) is 0. The number of hydrogen-bond acceptors (Lipinski definition) is 5. The van der Waals surface area contributed by atoms with Crippen LogP contribution in [-0.4, -0.2) is 45.2 Å². The first-order valence-corrected chi connectivity index (χ1v) is 7.63. The van der Waals surface area contributed by atoms with Crippen LogP contribution in [0.2, 0.25) is 0 Å². The molecule has 2 atom stereocenters. The van der Waals surface area contributed by atoms with Gasteiger partial charge in [0.25, 0.3) is 0 Å². The molecule has 5 nitrogen and oxygen atoms in total. The van der Waals surface area contributed by atoms with E-state index in [9.17, 15) is 0 Å². The molecule has 6 heteroatoms. The fourth-order valence-electron chi connectivity index (χ4n) is 1.32. The molecule has 2 unspecified atom stereocenters. The number of epoxide rings is 1. The Bertz CT molecular complexity index is 195. The molecule has 0 amide bonds. The summed E-state index contributed by atoms with van der Waals surface area (Å²) in [6.45, 7) is 9.41. The first-order valence-electron chi connectivity index (χ1n) is 6.63. The summed E-state index contributed by atoms with van der Waals surface area (Å²) in [4.78, 5) is 0. The number of ether oxygens (including phenoxy) is 2. The molecule has 0 N–H and O–H groups in total. The van der Waals surface area contributed by atoms with Gasteiger partial charge in [0.15, 0.2) is 0 Å². The van der Waals surface area contributed by atoms with E-state index in [1.807, 2.05) is 20.8 Å². The van der Waals surface area contributed by atoms with Crippen LogP contribution >= 0.6 is 0 Å². The molecule has 0 aromatic heterocycles. The van der Waals surface area contributed by atoms with E-state index < -0.39 is 11.7 Å². The standard InChI is InChI=1S/C12H25O5S/c1-4-15-18(16-5-2)17-11(3)7-6-8-13-9-12-10-14-12/h11-12H,4-10H2,1-3H3/q+1. The minimum absolute atomic E-state index is 0.118. The summed E-state index contributed by atoms with van der Waals surface area (Å²) in [5, 5.41) is 0. The van der Waals surface area contributed by atoms with E-state index in [0.29, 0.717) is 19.3 Å². The maximum Gasteiger partial charge on any atom is 0.508 e. The van der Waals surface area contributed by atoms with Gasteiger partial charge in [0.1, 0.15) is 25.4 Å². The summed E-state index contributed by atoms with van der Waals surface area (Å²) in [6.07, 6.45) is 2.38. The predicted molar refractivity (Wildman–Crippen MR) is 71.0 cm³/mol. The summed E-state index contributed by atoms with van der Waals surface area (Å²) in [5.41, 5.74) is 0. The SMILES string of the molecule is CCO[S+](OCC)OC(C)CCCOCC1CO1. The first kappa shape index (κ1) is 16.2. The fraction of sp³-hybridized carbons (Fsp3) is 1.00. The Labute approximate surface area is 113 Å². The van der Waals surface area contributed by atoms with Crippen molar-refractivity contribution in [2.24, 2.45) is 0 Å². The lowest BCUT2D eigenvalue weighted by Crippen LogP contribution is -2.21. The topological polar surface area (TPSA) is 49.5 Å². The van der Waals surface area contributed by atoms with E-state index in [-0.39, 0.29) is 6.10 Å². The van der Waals surface area contributed by atoms with Gasteiger partial charge in [0, 0.05) is 6.61 Å². The Morgan fingerprint density at radius 3 is 2.50 bits per heavy atom. The lowest BCUT2D eigenvalue weighted by molar-refractivity contribution is 0.0978. The van der Waals surface area contributed by atoms with Crippen molar-refractivity contribution in [2.45, 2.75) is 45.8 Å². The van der Waals surface area contributed by atoms with Crippen LogP contribution < -0.4 is 0 Å². The highest BCUT2D eigenvalue weighted by atomic mass is 32.3. The average molecular weight is 281 g/mol. The van der Waals surface area contributed by atoms with E-state index in [2.05, 4.69) is 0 Å². The highest BCUT2D eigenvalue weighted by Gasteiger charge is 2.29. The average Bonchev–Trinajstić information content (AvgIpc) is 3.13. The maximum atomic E-state index is 5.67. The lowest BCUT2D eigenvalue weighted by Gasteiger charge is -2.08. The Balaban J connectivity index is 1.97. The van der Waals surface area contributed by atoms with Crippen LogP contribution in [-0.2, 0) is 33.8 Å². The zero-order valence-corrected chi connectivity index (χ0v) is 12.4. The fourth-order valence-corrected chi connectivity index (χ4v) is 2.24. The molecule has 0 aliphatic carbocycles. The van der Waals surface area contributed by atoms with E-state index in [1.165, 1.54) is 0 Å². The van der Waals surface area contributed by atoms with E-state index in [4.69, 9.17) is 22.0 Å². The van der Waals surface area contributed by atoms with Crippen LogP contribution in [0.25, 0.3) is 0 Å². The Morgan fingerprint density at radius 1 is 1.28 bits per heavy atom. The summed E-state index contributed by atoms with van der Waals surface area (Å²) >= 11 is -0.820. The Hall–Kier alpha value is 0.150. The second kappa shape index (κ2) is 10.00. The van der Waals surface area contributed by atoms with Crippen LogP contribution in [0.4, 0.5) is 0 Å².